The van der Waals surface area contributed by atoms with Crippen LogP contribution in [0.5, 0.6) is 0 Å². The van der Waals surface area contributed by atoms with Gasteiger partial charge in [-0.1, -0.05) is 38.1 Å². The molecule has 0 aliphatic heterocycles. The highest BCUT2D eigenvalue weighted by molar-refractivity contribution is 6.08. The average Bonchev–Trinajstić information content (AvgIpc) is 3.39. The summed E-state index contributed by atoms with van der Waals surface area (Å²) in [5.41, 5.74) is 0.804. The maximum absolute atomic E-state index is 12.7. The number of carbonyl (C=O) groups excluding carboxylic acids is 2. The van der Waals surface area contributed by atoms with Gasteiger partial charge in [-0.15, -0.1) is 0 Å². The number of nitrogens with one attached hydrogen (secondary N) is 2. The van der Waals surface area contributed by atoms with E-state index in [9.17, 15) is 14.7 Å². The number of amides is 2. The number of hydrogen-bond acceptors (Lipinski definition) is 3. The van der Waals surface area contributed by atoms with Crippen molar-refractivity contribution in [3.05, 3.63) is 42.0 Å². The van der Waals surface area contributed by atoms with Crippen molar-refractivity contribution in [3.8, 4) is 0 Å². The summed E-state index contributed by atoms with van der Waals surface area (Å²) in [4.78, 5) is 24.8. The molecule has 0 bridgehead atoms. The molecule has 0 unspecified atom stereocenters. The summed E-state index contributed by atoms with van der Waals surface area (Å²) in [7, 11) is 0. The minimum Gasteiger partial charge on any atom is -0.396 e. The van der Waals surface area contributed by atoms with Crippen LogP contribution in [0.15, 0.2) is 36.4 Å². The van der Waals surface area contributed by atoms with Crippen LogP contribution in [0, 0.1) is 11.3 Å². The minimum atomic E-state index is -0.232. The van der Waals surface area contributed by atoms with Gasteiger partial charge in [0.05, 0.1) is 17.9 Å². The smallest absolute Gasteiger partial charge is 0.253 e. The van der Waals surface area contributed by atoms with Gasteiger partial charge < -0.3 is 15.7 Å². The van der Waals surface area contributed by atoms with E-state index in [1.807, 2.05) is 44.2 Å². The van der Waals surface area contributed by atoms with Gasteiger partial charge in [0, 0.05) is 17.9 Å². The molecule has 1 saturated carbocycles. The first kappa shape index (κ1) is 17.4. The van der Waals surface area contributed by atoms with E-state index in [2.05, 4.69) is 10.6 Å². The molecule has 0 spiro atoms. The molecule has 2 aromatic rings. The highest BCUT2D eigenvalue weighted by atomic mass is 16.3. The number of aliphatic hydroxyl groups excluding tert-OH is 1. The number of aliphatic hydroxyl groups is 1. The van der Waals surface area contributed by atoms with E-state index in [0.29, 0.717) is 17.8 Å². The summed E-state index contributed by atoms with van der Waals surface area (Å²) in [6.07, 6.45) is 1.86. The molecule has 1 aliphatic carbocycles. The van der Waals surface area contributed by atoms with Crippen molar-refractivity contribution < 1.29 is 14.7 Å². The molecule has 5 nitrogen and oxygen atoms in total. The standard InChI is InChI=1S/C20H24N2O3/c1-13(2)18(24)22-17-10-15-6-4-3-5-14(15)9-16(17)19(25)21-11-20(12-23)7-8-20/h3-6,9-10,13,23H,7-8,11-12H2,1-2H3,(H,21,25)(H,22,24). The highest BCUT2D eigenvalue weighted by Gasteiger charge is 2.42. The largest absolute Gasteiger partial charge is 0.396 e. The molecule has 5 heteroatoms. The molecule has 3 N–H and O–H groups in total. The Balaban J connectivity index is 1.90. The fourth-order valence-electron chi connectivity index (χ4n) is 2.74. The molecule has 0 saturated heterocycles. The van der Waals surface area contributed by atoms with Crippen LogP contribution >= 0.6 is 0 Å². The third-order valence-electron chi connectivity index (χ3n) is 4.83. The van der Waals surface area contributed by atoms with Gasteiger partial charge in [0.15, 0.2) is 0 Å². The average molecular weight is 340 g/mol. The van der Waals surface area contributed by atoms with Gasteiger partial charge in [0.1, 0.15) is 0 Å². The van der Waals surface area contributed by atoms with Gasteiger partial charge in [-0.3, -0.25) is 9.59 Å². The molecule has 0 atom stereocenters. The first-order valence-electron chi connectivity index (χ1n) is 8.67. The Hall–Kier alpha value is -2.40. The zero-order chi connectivity index (χ0) is 18.0. The molecular weight excluding hydrogens is 316 g/mol. The van der Waals surface area contributed by atoms with Gasteiger partial charge in [-0.05, 0) is 35.7 Å². The number of carbonyl (C=O) groups is 2. The van der Waals surface area contributed by atoms with Crippen LogP contribution in [0.4, 0.5) is 5.69 Å². The Morgan fingerprint density at radius 2 is 1.80 bits per heavy atom. The molecule has 0 aromatic heterocycles. The first-order chi connectivity index (χ1) is 11.9. The molecule has 2 aromatic carbocycles. The molecule has 25 heavy (non-hydrogen) atoms. The maximum atomic E-state index is 12.7. The van der Waals surface area contributed by atoms with Crippen molar-refractivity contribution >= 4 is 28.3 Å². The van der Waals surface area contributed by atoms with Crippen LogP contribution in [-0.2, 0) is 4.79 Å². The van der Waals surface area contributed by atoms with Crippen molar-refractivity contribution in [3.63, 3.8) is 0 Å². The van der Waals surface area contributed by atoms with Crippen molar-refractivity contribution in [1.82, 2.24) is 5.32 Å². The van der Waals surface area contributed by atoms with E-state index >= 15 is 0 Å². The van der Waals surface area contributed by atoms with E-state index in [4.69, 9.17) is 0 Å². The number of hydrogen-bond donors (Lipinski definition) is 3. The van der Waals surface area contributed by atoms with Crippen LogP contribution < -0.4 is 10.6 Å². The van der Waals surface area contributed by atoms with Crippen LogP contribution in [-0.4, -0.2) is 30.1 Å². The number of benzene rings is 2. The Morgan fingerprint density at radius 3 is 2.36 bits per heavy atom. The van der Waals surface area contributed by atoms with E-state index in [1.54, 1.807) is 6.07 Å². The fourth-order valence-corrected chi connectivity index (χ4v) is 2.74. The van der Waals surface area contributed by atoms with Crippen LogP contribution in [0.3, 0.4) is 0 Å². The quantitative estimate of drug-likeness (QED) is 0.756. The van der Waals surface area contributed by atoms with Gasteiger partial charge in [-0.25, -0.2) is 0 Å². The zero-order valence-corrected chi connectivity index (χ0v) is 14.6. The number of anilines is 1. The van der Waals surface area contributed by atoms with Gasteiger partial charge in [-0.2, -0.15) is 0 Å². The summed E-state index contributed by atoms with van der Waals surface area (Å²) in [5, 5.41) is 17.1. The summed E-state index contributed by atoms with van der Waals surface area (Å²) < 4.78 is 0. The van der Waals surface area contributed by atoms with Crippen molar-refractivity contribution in [2.75, 3.05) is 18.5 Å². The molecule has 0 radical (unpaired) electrons. The second-order valence-corrected chi connectivity index (χ2v) is 7.23. The third-order valence-corrected chi connectivity index (χ3v) is 4.83. The summed E-state index contributed by atoms with van der Waals surface area (Å²) in [6.45, 7) is 4.16. The van der Waals surface area contributed by atoms with E-state index in [-0.39, 0.29) is 29.8 Å². The topological polar surface area (TPSA) is 78.4 Å². The van der Waals surface area contributed by atoms with Crippen molar-refractivity contribution in [1.29, 1.82) is 0 Å². The Bertz CT molecular complexity index is 810. The number of fused-ring (bicyclic) bond motifs is 1. The Kier molecular flexibility index (Phi) is 4.77. The lowest BCUT2D eigenvalue weighted by atomic mass is 10.0. The van der Waals surface area contributed by atoms with Crippen LogP contribution in [0.1, 0.15) is 37.0 Å². The van der Waals surface area contributed by atoms with E-state index < -0.39 is 0 Å². The first-order valence-corrected chi connectivity index (χ1v) is 8.67. The lowest BCUT2D eigenvalue weighted by Crippen LogP contribution is -2.32. The summed E-state index contributed by atoms with van der Waals surface area (Å²) in [5.74, 6) is -0.533. The maximum Gasteiger partial charge on any atom is 0.253 e. The summed E-state index contributed by atoms with van der Waals surface area (Å²) >= 11 is 0. The third kappa shape index (κ3) is 3.82. The zero-order valence-electron chi connectivity index (χ0n) is 14.6. The fraction of sp³-hybridized carbons (Fsp3) is 0.400. The van der Waals surface area contributed by atoms with Crippen molar-refractivity contribution in [2.45, 2.75) is 26.7 Å². The molecule has 3 rings (SSSR count). The molecule has 1 aliphatic rings. The van der Waals surface area contributed by atoms with Gasteiger partial charge in [0.2, 0.25) is 5.91 Å². The van der Waals surface area contributed by atoms with Gasteiger partial charge in [0.25, 0.3) is 5.91 Å². The Labute approximate surface area is 147 Å². The second kappa shape index (κ2) is 6.84. The lowest BCUT2D eigenvalue weighted by Gasteiger charge is -2.16. The molecule has 2 amide bonds. The Morgan fingerprint density at radius 1 is 1.16 bits per heavy atom. The molecule has 0 heterocycles. The molecule has 1 fully saturated rings. The van der Waals surface area contributed by atoms with Crippen LogP contribution in [0.25, 0.3) is 10.8 Å². The number of rotatable bonds is 6. The predicted molar refractivity (Wildman–Crippen MR) is 98.5 cm³/mol. The highest BCUT2D eigenvalue weighted by Crippen LogP contribution is 2.44. The monoisotopic (exact) mass is 340 g/mol. The van der Waals surface area contributed by atoms with E-state index in [0.717, 1.165) is 23.6 Å². The van der Waals surface area contributed by atoms with E-state index in [1.165, 1.54) is 0 Å². The second-order valence-electron chi connectivity index (χ2n) is 7.23. The predicted octanol–water partition coefficient (Wildman–Crippen LogP) is 2.94. The van der Waals surface area contributed by atoms with Crippen LogP contribution in [0.2, 0.25) is 0 Å². The van der Waals surface area contributed by atoms with Gasteiger partial charge >= 0.3 is 0 Å². The van der Waals surface area contributed by atoms with Crippen molar-refractivity contribution in [2.24, 2.45) is 11.3 Å². The minimum absolute atomic E-state index is 0.0853. The summed E-state index contributed by atoms with van der Waals surface area (Å²) in [6, 6.07) is 11.4. The molecular formula is C20H24N2O3. The lowest BCUT2D eigenvalue weighted by molar-refractivity contribution is -0.118. The normalized spacial score (nSPS) is 15.2. The SMILES string of the molecule is CC(C)C(=O)Nc1cc2ccccc2cc1C(=O)NCC1(CO)CC1. The molecule has 132 valence electrons.